The number of amides is 1. The lowest BCUT2D eigenvalue weighted by atomic mass is 10.1. The van der Waals surface area contributed by atoms with E-state index >= 15 is 0 Å². The van der Waals surface area contributed by atoms with Gasteiger partial charge in [0.15, 0.2) is 11.5 Å². The number of carbonyl (C=O) groups excluding carboxylic acids is 1. The van der Waals surface area contributed by atoms with Crippen molar-refractivity contribution in [3.8, 4) is 11.5 Å². The predicted molar refractivity (Wildman–Crippen MR) is 114 cm³/mol. The molecule has 0 radical (unpaired) electrons. The molecule has 0 unspecified atom stereocenters. The molecular formula is C20H23N3O7S. The third-order valence-electron chi connectivity index (χ3n) is 4.81. The number of hydrogen-bond donors (Lipinski definition) is 1. The summed E-state index contributed by atoms with van der Waals surface area (Å²) < 4.78 is 36.8. The highest BCUT2D eigenvalue weighted by atomic mass is 32.2. The van der Waals surface area contributed by atoms with Crippen molar-refractivity contribution in [3.63, 3.8) is 0 Å². The van der Waals surface area contributed by atoms with Gasteiger partial charge in [0.2, 0.25) is 15.9 Å². The molecule has 0 fully saturated rings. The molecule has 10 nitrogen and oxygen atoms in total. The number of hydrogen-bond acceptors (Lipinski definition) is 7. The molecule has 2 aromatic rings. The Balaban J connectivity index is 1.82. The van der Waals surface area contributed by atoms with E-state index in [9.17, 15) is 23.3 Å². The molecule has 0 aromatic heterocycles. The van der Waals surface area contributed by atoms with Crippen LogP contribution in [0.25, 0.3) is 0 Å². The normalized spacial score (nSPS) is 14.9. The van der Waals surface area contributed by atoms with Gasteiger partial charge in [-0.15, -0.1) is 0 Å². The minimum atomic E-state index is -3.90. The Kier molecular flexibility index (Phi) is 6.34. The SMILES string of the molecule is C[C@H](C(=O)N[C@H](C)c1ccc2c(c1)OCCO2)N(c1cccc([N+](=O)[O-])c1)S(C)(=O)=O. The minimum Gasteiger partial charge on any atom is -0.486 e. The number of non-ortho nitro benzene ring substituents is 1. The average molecular weight is 449 g/mol. The van der Waals surface area contributed by atoms with Crippen LogP contribution in [0.4, 0.5) is 11.4 Å². The fourth-order valence-corrected chi connectivity index (χ4v) is 4.47. The highest BCUT2D eigenvalue weighted by molar-refractivity contribution is 7.92. The highest BCUT2D eigenvalue weighted by Crippen LogP contribution is 2.33. The number of ether oxygens (including phenoxy) is 2. The summed E-state index contributed by atoms with van der Waals surface area (Å²) in [5, 5.41) is 13.9. The van der Waals surface area contributed by atoms with Gasteiger partial charge in [-0.1, -0.05) is 12.1 Å². The van der Waals surface area contributed by atoms with Crippen molar-refractivity contribution in [1.82, 2.24) is 5.32 Å². The number of rotatable bonds is 7. The van der Waals surface area contributed by atoms with E-state index in [-0.39, 0.29) is 11.4 Å². The second-order valence-corrected chi connectivity index (χ2v) is 9.00. The third-order valence-corrected chi connectivity index (χ3v) is 6.05. The number of nitro groups is 1. The summed E-state index contributed by atoms with van der Waals surface area (Å²) in [4.78, 5) is 23.3. The predicted octanol–water partition coefficient (Wildman–Crippen LogP) is 2.40. The Bertz CT molecular complexity index is 1100. The molecule has 0 bridgehead atoms. The summed E-state index contributed by atoms with van der Waals surface area (Å²) in [6.45, 7) is 4.08. The first-order valence-corrected chi connectivity index (χ1v) is 11.4. The maximum Gasteiger partial charge on any atom is 0.271 e. The lowest BCUT2D eigenvalue weighted by Gasteiger charge is -2.29. The first-order chi connectivity index (χ1) is 14.6. The van der Waals surface area contributed by atoms with E-state index in [1.54, 1.807) is 25.1 Å². The number of benzene rings is 2. The second kappa shape index (κ2) is 8.80. The molecule has 166 valence electrons. The molecule has 1 aliphatic heterocycles. The number of anilines is 1. The molecule has 1 N–H and O–H groups in total. The first-order valence-electron chi connectivity index (χ1n) is 9.51. The van der Waals surface area contributed by atoms with Crippen molar-refractivity contribution in [2.24, 2.45) is 0 Å². The Morgan fingerprint density at radius 2 is 1.81 bits per heavy atom. The maximum atomic E-state index is 12.9. The van der Waals surface area contributed by atoms with Crippen LogP contribution in [0.15, 0.2) is 42.5 Å². The fourth-order valence-electron chi connectivity index (χ4n) is 3.30. The molecule has 3 rings (SSSR count). The van der Waals surface area contributed by atoms with E-state index in [1.165, 1.54) is 25.1 Å². The summed E-state index contributed by atoms with van der Waals surface area (Å²) in [5.41, 5.74) is 0.515. The van der Waals surface area contributed by atoms with E-state index in [4.69, 9.17) is 9.47 Å². The van der Waals surface area contributed by atoms with Gasteiger partial charge in [0, 0.05) is 12.1 Å². The number of nitrogens with zero attached hydrogens (tertiary/aromatic N) is 2. The van der Waals surface area contributed by atoms with Crippen molar-refractivity contribution in [3.05, 3.63) is 58.1 Å². The van der Waals surface area contributed by atoms with Crippen molar-refractivity contribution < 1.29 is 27.6 Å². The smallest absolute Gasteiger partial charge is 0.271 e. The summed E-state index contributed by atoms with van der Waals surface area (Å²) in [7, 11) is -3.90. The van der Waals surface area contributed by atoms with Crippen LogP contribution in [0.2, 0.25) is 0 Å². The molecule has 31 heavy (non-hydrogen) atoms. The van der Waals surface area contributed by atoms with Crippen molar-refractivity contribution >= 4 is 27.3 Å². The standard InChI is InChI=1S/C20H23N3O7S/c1-13(15-7-8-18-19(11-15)30-10-9-29-18)21-20(24)14(2)22(31(3,27)28)16-5-4-6-17(12-16)23(25)26/h4-8,11-14H,9-10H2,1-3H3,(H,21,24)/t13-,14-/m1/s1. The van der Waals surface area contributed by atoms with Crippen LogP contribution < -0.4 is 19.1 Å². The van der Waals surface area contributed by atoms with Crippen LogP contribution in [0.1, 0.15) is 25.5 Å². The molecule has 0 saturated heterocycles. The lowest BCUT2D eigenvalue weighted by Crippen LogP contribution is -2.48. The number of nitro benzene ring substituents is 1. The number of carbonyl (C=O) groups is 1. The maximum absolute atomic E-state index is 12.9. The molecule has 1 heterocycles. The molecule has 11 heteroatoms. The van der Waals surface area contributed by atoms with Crippen LogP contribution in [0.5, 0.6) is 11.5 Å². The highest BCUT2D eigenvalue weighted by Gasteiger charge is 2.31. The van der Waals surface area contributed by atoms with E-state index in [0.717, 1.165) is 22.2 Å². The van der Waals surface area contributed by atoms with Gasteiger partial charge >= 0.3 is 0 Å². The molecule has 0 saturated carbocycles. The van der Waals surface area contributed by atoms with E-state index < -0.39 is 32.9 Å². The summed E-state index contributed by atoms with van der Waals surface area (Å²) in [6, 6.07) is 8.86. The first kappa shape index (κ1) is 22.3. The zero-order valence-electron chi connectivity index (χ0n) is 17.3. The van der Waals surface area contributed by atoms with Gasteiger partial charge in [0.25, 0.3) is 5.69 Å². The second-order valence-electron chi connectivity index (χ2n) is 7.15. The van der Waals surface area contributed by atoms with Crippen LogP contribution >= 0.6 is 0 Å². The van der Waals surface area contributed by atoms with Gasteiger partial charge < -0.3 is 14.8 Å². The molecule has 0 spiro atoms. The van der Waals surface area contributed by atoms with E-state index in [0.29, 0.717) is 24.7 Å². The Hall–Kier alpha value is -3.34. The minimum absolute atomic E-state index is 0.0336. The number of nitrogens with one attached hydrogen (secondary N) is 1. The van der Waals surface area contributed by atoms with Gasteiger partial charge in [-0.2, -0.15) is 0 Å². The average Bonchev–Trinajstić information content (AvgIpc) is 2.72. The molecule has 1 amide bonds. The van der Waals surface area contributed by atoms with Crippen LogP contribution in [0, 0.1) is 10.1 Å². The Morgan fingerprint density at radius 3 is 2.45 bits per heavy atom. The molecular weight excluding hydrogens is 426 g/mol. The van der Waals surface area contributed by atoms with E-state index in [2.05, 4.69) is 5.32 Å². The molecule has 0 aliphatic carbocycles. The summed E-state index contributed by atoms with van der Waals surface area (Å²) >= 11 is 0. The Labute approximate surface area is 180 Å². The number of fused-ring (bicyclic) bond motifs is 1. The molecule has 1 aliphatic rings. The summed E-state index contributed by atoms with van der Waals surface area (Å²) in [5.74, 6) is 0.641. The quantitative estimate of drug-likeness (QED) is 0.508. The zero-order chi connectivity index (χ0) is 22.8. The Morgan fingerprint density at radius 1 is 1.13 bits per heavy atom. The van der Waals surface area contributed by atoms with Gasteiger partial charge in [0.1, 0.15) is 19.3 Å². The topological polar surface area (TPSA) is 128 Å². The van der Waals surface area contributed by atoms with Crippen LogP contribution in [-0.2, 0) is 14.8 Å². The van der Waals surface area contributed by atoms with Crippen LogP contribution in [-0.4, -0.2) is 44.8 Å². The fraction of sp³-hybridized carbons (Fsp3) is 0.350. The lowest BCUT2D eigenvalue weighted by molar-refractivity contribution is -0.384. The third kappa shape index (κ3) is 5.05. The van der Waals surface area contributed by atoms with E-state index in [1.807, 2.05) is 0 Å². The van der Waals surface area contributed by atoms with Gasteiger partial charge in [-0.3, -0.25) is 19.2 Å². The molecule has 2 atom stereocenters. The van der Waals surface area contributed by atoms with Crippen molar-refractivity contribution in [2.75, 3.05) is 23.8 Å². The monoisotopic (exact) mass is 449 g/mol. The van der Waals surface area contributed by atoms with Gasteiger partial charge in [-0.25, -0.2) is 8.42 Å². The van der Waals surface area contributed by atoms with Crippen molar-refractivity contribution in [2.45, 2.75) is 25.9 Å². The summed E-state index contributed by atoms with van der Waals surface area (Å²) in [6.07, 6.45) is 0.944. The number of sulfonamides is 1. The zero-order valence-corrected chi connectivity index (χ0v) is 18.1. The van der Waals surface area contributed by atoms with Gasteiger partial charge in [-0.05, 0) is 37.6 Å². The molecule has 2 aromatic carbocycles. The van der Waals surface area contributed by atoms with Crippen molar-refractivity contribution in [1.29, 1.82) is 0 Å². The van der Waals surface area contributed by atoms with Gasteiger partial charge in [0.05, 0.1) is 22.9 Å². The largest absolute Gasteiger partial charge is 0.486 e. The van der Waals surface area contributed by atoms with Crippen LogP contribution in [0.3, 0.4) is 0 Å².